The van der Waals surface area contributed by atoms with E-state index in [9.17, 15) is 0 Å². The summed E-state index contributed by atoms with van der Waals surface area (Å²) in [6.45, 7) is 0. The molecule has 2 heterocycles. The predicted molar refractivity (Wildman–Crippen MR) is 49.7 cm³/mol. The minimum atomic E-state index is 0.831. The Bertz CT molecular complexity index is 298. The minimum absolute atomic E-state index is 0.831. The van der Waals surface area contributed by atoms with Gasteiger partial charge in [0.25, 0.3) is 0 Å². The smallest absolute Gasteiger partial charge is 0.0949 e. The van der Waals surface area contributed by atoms with E-state index in [4.69, 9.17) is 23.2 Å². The van der Waals surface area contributed by atoms with E-state index in [0.717, 1.165) is 8.67 Å². The Kier molecular flexibility index (Phi) is 1.65. The van der Waals surface area contributed by atoms with Gasteiger partial charge >= 0.3 is 0 Å². The number of hydrogen-bond donors (Lipinski definition) is 0. The first-order valence-corrected chi connectivity index (χ1v) is 4.99. The van der Waals surface area contributed by atoms with Gasteiger partial charge in [-0.3, -0.25) is 0 Å². The van der Waals surface area contributed by atoms with Gasteiger partial charge in [0.2, 0.25) is 0 Å². The fraction of sp³-hybridized carbons (Fsp3) is 0. The molecule has 2 rings (SSSR count). The molecule has 4 heteroatoms. The van der Waals surface area contributed by atoms with Crippen LogP contribution in [0, 0.1) is 0 Å². The van der Waals surface area contributed by atoms with Crippen LogP contribution in [0.1, 0.15) is 0 Å². The van der Waals surface area contributed by atoms with E-state index >= 15 is 0 Å². The fourth-order valence-electron chi connectivity index (χ4n) is 0.777. The van der Waals surface area contributed by atoms with E-state index in [2.05, 4.69) is 0 Å². The minimum Gasteiger partial charge on any atom is -0.122 e. The maximum atomic E-state index is 5.76. The largest absolute Gasteiger partial charge is 0.122 e. The van der Waals surface area contributed by atoms with Crippen molar-refractivity contribution in [2.24, 2.45) is 0 Å². The number of fused-ring (bicyclic) bond motifs is 1. The van der Waals surface area contributed by atoms with Crippen LogP contribution in [0.2, 0.25) is 8.67 Å². The van der Waals surface area contributed by atoms with E-state index in [1.54, 1.807) is 22.7 Å². The van der Waals surface area contributed by atoms with Gasteiger partial charge in [0.1, 0.15) is 0 Å². The molecule has 2 aromatic rings. The summed E-state index contributed by atoms with van der Waals surface area (Å²) in [6, 6.07) is 3.89. The van der Waals surface area contributed by atoms with Crippen molar-refractivity contribution < 1.29 is 0 Å². The molecule has 0 aromatic carbocycles. The van der Waals surface area contributed by atoms with Crippen molar-refractivity contribution in [2.45, 2.75) is 0 Å². The molecular weight excluding hydrogens is 207 g/mol. The maximum absolute atomic E-state index is 5.76. The molecule has 0 bridgehead atoms. The maximum Gasteiger partial charge on any atom is 0.0949 e. The summed E-state index contributed by atoms with van der Waals surface area (Å²) in [5.41, 5.74) is 0. The van der Waals surface area contributed by atoms with Crippen molar-refractivity contribution >= 4 is 55.3 Å². The normalized spacial score (nSPS) is 11.0. The van der Waals surface area contributed by atoms with Crippen LogP contribution in [0.15, 0.2) is 12.1 Å². The molecule has 0 aliphatic heterocycles. The summed E-state index contributed by atoms with van der Waals surface area (Å²) >= 11 is 14.6. The molecule has 0 atom stereocenters. The lowest BCUT2D eigenvalue weighted by Gasteiger charge is -1.71. The van der Waals surface area contributed by atoms with Gasteiger partial charge in [0.15, 0.2) is 0 Å². The zero-order valence-electron chi connectivity index (χ0n) is 4.73. The molecule has 0 saturated heterocycles. The topological polar surface area (TPSA) is 0 Å². The highest BCUT2D eigenvalue weighted by atomic mass is 35.5. The lowest BCUT2D eigenvalue weighted by Crippen LogP contribution is -1.36. The molecule has 0 nitrogen and oxygen atoms in total. The van der Waals surface area contributed by atoms with Gasteiger partial charge in [-0.2, -0.15) is 0 Å². The van der Waals surface area contributed by atoms with E-state index in [1.807, 2.05) is 12.1 Å². The highest BCUT2D eigenvalue weighted by Gasteiger charge is 2.02. The zero-order valence-corrected chi connectivity index (χ0v) is 7.87. The lowest BCUT2D eigenvalue weighted by molar-refractivity contribution is 2.22. The van der Waals surface area contributed by atoms with Gasteiger partial charge in [-0.15, -0.1) is 22.7 Å². The zero-order chi connectivity index (χ0) is 7.14. The Morgan fingerprint density at radius 2 is 1.30 bits per heavy atom. The van der Waals surface area contributed by atoms with Gasteiger partial charge < -0.3 is 0 Å². The first-order valence-electron chi connectivity index (χ1n) is 2.60. The molecule has 52 valence electrons. The van der Waals surface area contributed by atoms with Crippen molar-refractivity contribution in [1.29, 1.82) is 0 Å². The SMILES string of the molecule is Clc1cc2sc(Cl)cc2s1. The van der Waals surface area contributed by atoms with Crippen molar-refractivity contribution in [3.05, 3.63) is 20.8 Å². The fourth-order valence-corrected chi connectivity index (χ4v) is 3.47. The first-order chi connectivity index (χ1) is 4.75. The van der Waals surface area contributed by atoms with E-state index in [1.165, 1.54) is 9.40 Å². The van der Waals surface area contributed by atoms with Crippen LogP contribution in [0.5, 0.6) is 0 Å². The Labute approximate surface area is 76.0 Å². The number of halogens is 2. The van der Waals surface area contributed by atoms with E-state index in [0.29, 0.717) is 0 Å². The average molecular weight is 209 g/mol. The summed E-state index contributed by atoms with van der Waals surface area (Å²) in [7, 11) is 0. The van der Waals surface area contributed by atoms with Gasteiger partial charge in [-0.05, 0) is 12.1 Å². The second-order valence-electron chi connectivity index (χ2n) is 1.83. The number of rotatable bonds is 0. The molecule has 0 fully saturated rings. The standard InChI is InChI=1S/C6H2Cl2S2/c7-5-1-3-4(10-5)2-6(8)9-3/h1-2H. The van der Waals surface area contributed by atoms with Crippen molar-refractivity contribution in [3.8, 4) is 0 Å². The first kappa shape index (κ1) is 6.92. The second-order valence-corrected chi connectivity index (χ2v) is 5.26. The third-order valence-corrected chi connectivity index (χ3v) is 3.70. The van der Waals surface area contributed by atoms with Crippen LogP contribution >= 0.6 is 45.9 Å². The molecule has 0 aliphatic rings. The van der Waals surface area contributed by atoms with Crippen LogP contribution in [0.25, 0.3) is 9.40 Å². The third kappa shape index (κ3) is 1.05. The summed E-state index contributed by atoms with van der Waals surface area (Å²) in [6.07, 6.45) is 0. The van der Waals surface area contributed by atoms with Crippen LogP contribution in [0.3, 0.4) is 0 Å². The van der Waals surface area contributed by atoms with E-state index < -0.39 is 0 Å². The van der Waals surface area contributed by atoms with Gasteiger partial charge in [-0.25, -0.2) is 0 Å². The summed E-state index contributed by atoms with van der Waals surface area (Å²) in [4.78, 5) is 0. The lowest BCUT2D eigenvalue weighted by atomic mass is 10.5. The number of hydrogen-bond acceptors (Lipinski definition) is 2. The molecule has 0 spiro atoms. The molecular formula is C6H2Cl2S2. The molecule has 0 saturated carbocycles. The van der Waals surface area contributed by atoms with Crippen molar-refractivity contribution in [2.75, 3.05) is 0 Å². The molecule has 2 aromatic heterocycles. The van der Waals surface area contributed by atoms with Crippen LogP contribution in [0.4, 0.5) is 0 Å². The molecule has 0 unspecified atom stereocenters. The van der Waals surface area contributed by atoms with Crippen molar-refractivity contribution in [1.82, 2.24) is 0 Å². The highest BCUT2D eigenvalue weighted by Crippen LogP contribution is 2.37. The Balaban J connectivity index is 2.83. The van der Waals surface area contributed by atoms with Crippen molar-refractivity contribution in [3.63, 3.8) is 0 Å². The van der Waals surface area contributed by atoms with Gasteiger partial charge in [0.05, 0.1) is 8.67 Å². The second kappa shape index (κ2) is 2.38. The van der Waals surface area contributed by atoms with Crippen LogP contribution < -0.4 is 0 Å². The molecule has 0 N–H and O–H groups in total. The molecule has 10 heavy (non-hydrogen) atoms. The Morgan fingerprint density at radius 1 is 0.900 bits per heavy atom. The highest BCUT2D eigenvalue weighted by molar-refractivity contribution is 7.31. The third-order valence-electron chi connectivity index (χ3n) is 1.15. The van der Waals surface area contributed by atoms with E-state index in [-0.39, 0.29) is 0 Å². The molecule has 0 amide bonds. The predicted octanol–water partition coefficient (Wildman–Crippen LogP) is 4.27. The van der Waals surface area contributed by atoms with Gasteiger partial charge in [0, 0.05) is 9.40 Å². The van der Waals surface area contributed by atoms with Gasteiger partial charge in [-0.1, -0.05) is 23.2 Å². The van der Waals surface area contributed by atoms with Crippen LogP contribution in [-0.4, -0.2) is 0 Å². The molecule has 0 radical (unpaired) electrons. The Hall–Kier alpha value is 0.240. The quantitative estimate of drug-likeness (QED) is 0.607. The Morgan fingerprint density at radius 3 is 1.70 bits per heavy atom. The number of thiophene rings is 2. The average Bonchev–Trinajstić information content (AvgIpc) is 2.21. The monoisotopic (exact) mass is 208 g/mol. The van der Waals surface area contributed by atoms with Crippen LogP contribution in [-0.2, 0) is 0 Å². The summed E-state index contributed by atoms with van der Waals surface area (Å²) in [5, 5.41) is 0. The summed E-state index contributed by atoms with van der Waals surface area (Å²) in [5.74, 6) is 0. The molecule has 0 aliphatic carbocycles. The summed E-state index contributed by atoms with van der Waals surface area (Å²) < 4.78 is 4.02.